The molecule has 122 valence electrons. The number of carbonyl (C=O) groups is 1. The van der Waals surface area contributed by atoms with E-state index in [-0.39, 0.29) is 18.1 Å². The van der Waals surface area contributed by atoms with Crippen molar-refractivity contribution in [2.24, 2.45) is 0 Å². The highest BCUT2D eigenvalue weighted by molar-refractivity contribution is 7.92. The van der Waals surface area contributed by atoms with Crippen molar-refractivity contribution in [2.45, 2.75) is 19.3 Å². The predicted molar refractivity (Wildman–Crippen MR) is 85.4 cm³/mol. The van der Waals surface area contributed by atoms with Crippen LogP contribution in [0.4, 0.5) is 5.69 Å². The minimum absolute atomic E-state index is 0.0199. The van der Waals surface area contributed by atoms with E-state index in [1.165, 1.54) is 4.31 Å². The second kappa shape index (κ2) is 7.60. The van der Waals surface area contributed by atoms with Crippen LogP contribution in [0, 0.1) is 0 Å². The summed E-state index contributed by atoms with van der Waals surface area (Å²) < 4.78 is 31.1. The molecular weight excluding hydrogens is 304 g/mol. The van der Waals surface area contributed by atoms with Crippen LogP contribution in [0.25, 0.3) is 0 Å². The number of benzene rings is 1. The maximum absolute atomic E-state index is 12.4. The number of para-hydroxylation sites is 1. The summed E-state index contributed by atoms with van der Waals surface area (Å²) in [5.74, 6) is -0.413. The van der Waals surface area contributed by atoms with Gasteiger partial charge in [0.15, 0.2) is 0 Å². The SMILES string of the molecule is COCCCNC(=O)CCS(=O)(=O)N1CCc2ccccc21. The molecule has 6 nitrogen and oxygen atoms in total. The Labute approximate surface area is 131 Å². The number of ether oxygens (including phenoxy) is 1. The number of methoxy groups -OCH3 is 1. The molecule has 0 saturated heterocycles. The van der Waals surface area contributed by atoms with Gasteiger partial charge >= 0.3 is 0 Å². The van der Waals surface area contributed by atoms with Crippen LogP contribution in [0.15, 0.2) is 24.3 Å². The largest absolute Gasteiger partial charge is 0.385 e. The summed E-state index contributed by atoms with van der Waals surface area (Å²) in [4.78, 5) is 11.7. The fourth-order valence-electron chi connectivity index (χ4n) is 2.46. The first-order valence-corrected chi connectivity index (χ1v) is 8.99. The molecule has 22 heavy (non-hydrogen) atoms. The van der Waals surface area contributed by atoms with E-state index in [1.807, 2.05) is 24.3 Å². The number of sulfonamides is 1. The zero-order valence-corrected chi connectivity index (χ0v) is 13.6. The molecule has 0 atom stereocenters. The molecule has 0 fully saturated rings. The third-order valence-electron chi connectivity index (χ3n) is 3.61. The molecule has 1 N–H and O–H groups in total. The van der Waals surface area contributed by atoms with Crippen molar-refractivity contribution in [1.29, 1.82) is 0 Å². The van der Waals surface area contributed by atoms with Gasteiger partial charge in [-0.2, -0.15) is 0 Å². The standard InChI is InChI=1S/C15H22N2O4S/c1-21-11-4-9-16-15(18)8-12-22(19,20)17-10-7-13-5-2-3-6-14(13)17/h2-3,5-6H,4,7-12H2,1H3,(H,16,18). The van der Waals surface area contributed by atoms with E-state index in [4.69, 9.17) is 4.74 Å². The Balaban J connectivity index is 1.86. The smallest absolute Gasteiger partial charge is 0.235 e. The number of hydrogen-bond donors (Lipinski definition) is 1. The molecule has 1 heterocycles. The van der Waals surface area contributed by atoms with Gasteiger partial charge < -0.3 is 10.1 Å². The van der Waals surface area contributed by atoms with Crippen molar-refractivity contribution in [3.05, 3.63) is 29.8 Å². The highest BCUT2D eigenvalue weighted by atomic mass is 32.2. The van der Waals surface area contributed by atoms with E-state index in [9.17, 15) is 13.2 Å². The van der Waals surface area contributed by atoms with Crippen molar-refractivity contribution in [1.82, 2.24) is 5.32 Å². The Kier molecular flexibility index (Phi) is 5.79. The molecule has 1 amide bonds. The van der Waals surface area contributed by atoms with Gasteiger partial charge in [0.1, 0.15) is 0 Å². The van der Waals surface area contributed by atoms with Crippen LogP contribution in [0.3, 0.4) is 0 Å². The van der Waals surface area contributed by atoms with Gasteiger partial charge in [-0.1, -0.05) is 18.2 Å². The first-order chi connectivity index (χ1) is 10.5. The monoisotopic (exact) mass is 326 g/mol. The van der Waals surface area contributed by atoms with E-state index in [2.05, 4.69) is 5.32 Å². The molecule has 1 aliphatic rings. The molecule has 1 aromatic rings. The van der Waals surface area contributed by atoms with Gasteiger partial charge in [-0.25, -0.2) is 8.42 Å². The van der Waals surface area contributed by atoms with E-state index in [0.717, 1.165) is 17.7 Å². The Morgan fingerprint density at radius 3 is 2.91 bits per heavy atom. The highest BCUT2D eigenvalue weighted by Crippen LogP contribution is 2.30. The Bertz CT molecular complexity index is 616. The molecule has 0 spiro atoms. The second-order valence-corrected chi connectivity index (χ2v) is 7.23. The number of carbonyl (C=O) groups excluding carboxylic acids is 1. The van der Waals surface area contributed by atoms with Gasteiger partial charge in [0.05, 0.1) is 11.4 Å². The molecule has 2 rings (SSSR count). The maximum Gasteiger partial charge on any atom is 0.235 e. The zero-order chi connectivity index (χ0) is 16.0. The van der Waals surface area contributed by atoms with Crippen LogP contribution in [0.2, 0.25) is 0 Å². The number of rotatable bonds is 8. The summed E-state index contributed by atoms with van der Waals surface area (Å²) in [6.07, 6.45) is 1.42. The minimum atomic E-state index is -3.46. The first-order valence-electron chi connectivity index (χ1n) is 7.38. The number of nitrogens with zero attached hydrogens (tertiary/aromatic N) is 1. The zero-order valence-electron chi connectivity index (χ0n) is 12.7. The number of amides is 1. The van der Waals surface area contributed by atoms with Gasteiger partial charge in [0, 0.05) is 33.2 Å². The summed E-state index contributed by atoms with van der Waals surface area (Å²) in [7, 11) is -1.86. The molecule has 0 aromatic heterocycles. The second-order valence-electron chi connectivity index (χ2n) is 5.21. The molecule has 0 unspecified atom stereocenters. The van der Waals surface area contributed by atoms with Crippen molar-refractivity contribution in [3.8, 4) is 0 Å². The van der Waals surface area contributed by atoms with Crippen molar-refractivity contribution in [3.63, 3.8) is 0 Å². The Morgan fingerprint density at radius 1 is 1.36 bits per heavy atom. The first kappa shape index (κ1) is 16.8. The molecular formula is C15H22N2O4S. The summed E-state index contributed by atoms with van der Waals surface area (Å²) in [6.45, 7) is 1.53. The summed E-state index contributed by atoms with van der Waals surface area (Å²) in [6, 6.07) is 7.48. The maximum atomic E-state index is 12.4. The molecule has 0 radical (unpaired) electrons. The van der Waals surface area contributed by atoms with Gasteiger partial charge in [-0.05, 0) is 24.5 Å². The lowest BCUT2D eigenvalue weighted by molar-refractivity contribution is -0.120. The van der Waals surface area contributed by atoms with Gasteiger partial charge in [0.25, 0.3) is 0 Å². The predicted octanol–water partition coefficient (Wildman–Crippen LogP) is 0.922. The molecule has 7 heteroatoms. The lowest BCUT2D eigenvalue weighted by Gasteiger charge is -2.19. The van der Waals surface area contributed by atoms with Crippen LogP contribution in [-0.4, -0.2) is 46.9 Å². The third-order valence-corrected chi connectivity index (χ3v) is 5.39. The summed E-state index contributed by atoms with van der Waals surface area (Å²) in [5, 5.41) is 2.70. The average molecular weight is 326 g/mol. The number of hydrogen-bond acceptors (Lipinski definition) is 4. The van der Waals surface area contributed by atoms with E-state index >= 15 is 0 Å². The van der Waals surface area contributed by atoms with Crippen LogP contribution in [-0.2, 0) is 26.0 Å². The molecule has 0 aliphatic carbocycles. The average Bonchev–Trinajstić information content (AvgIpc) is 2.94. The lowest BCUT2D eigenvalue weighted by atomic mass is 10.2. The fourth-order valence-corrected chi connectivity index (χ4v) is 3.97. The van der Waals surface area contributed by atoms with Crippen molar-refractivity contribution < 1.29 is 17.9 Å². The van der Waals surface area contributed by atoms with Crippen LogP contribution < -0.4 is 9.62 Å². The Hall–Kier alpha value is -1.60. The van der Waals surface area contributed by atoms with Crippen molar-refractivity contribution >= 4 is 21.6 Å². The lowest BCUT2D eigenvalue weighted by Crippen LogP contribution is -2.34. The summed E-state index contributed by atoms with van der Waals surface area (Å²) in [5.41, 5.74) is 1.78. The number of anilines is 1. The van der Waals surface area contributed by atoms with Crippen LogP contribution in [0.1, 0.15) is 18.4 Å². The molecule has 1 aliphatic heterocycles. The third kappa shape index (κ3) is 4.20. The fraction of sp³-hybridized carbons (Fsp3) is 0.533. The van der Waals surface area contributed by atoms with Gasteiger partial charge in [-0.3, -0.25) is 9.10 Å². The number of fused-ring (bicyclic) bond motifs is 1. The highest BCUT2D eigenvalue weighted by Gasteiger charge is 2.29. The van der Waals surface area contributed by atoms with Crippen LogP contribution in [0.5, 0.6) is 0 Å². The molecule has 1 aromatic carbocycles. The summed E-state index contributed by atoms with van der Waals surface area (Å²) >= 11 is 0. The normalized spacial score (nSPS) is 14.0. The topological polar surface area (TPSA) is 75.7 Å². The van der Waals surface area contributed by atoms with E-state index in [0.29, 0.717) is 26.1 Å². The van der Waals surface area contributed by atoms with Crippen LogP contribution >= 0.6 is 0 Å². The molecule has 0 saturated carbocycles. The van der Waals surface area contributed by atoms with Gasteiger partial charge in [0.2, 0.25) is 15.9 Å². The number of nitrogens with one attached hydrogen (secondary N) is 1. The van der Waals surface area contributed by atoms with E-state index in [1.54, 1.807) is 7.11 Å². The van der Waals surface area contributed by atoms with Gasteiger partial charge in [-0.15, -0.1) is 0 Å². The quantitative estimate of drug-likeness (QED) is 0.721. The Morgan fingerprint density at radius 2 is 2.14 bits per heavy atom. The van der Waals surface area contributed by atoms with Crippen molar-refractivity contribution in [2.75, 3.05) is 36.9 Å². The van der Waals surface area contributed by atoms with E-state index < -0.39 is 10.0 Å². The minimum Gasteiger partial charge on any atom is -0.385 e. The molecule has 0 bridgehead atoms.